The first-order chi connectivity index (χ1) is 6.49. The van der Waals surface area contributed by atoms with Gasteiger partial charge < -0.3 is 15.5 Å². The third-order valence-electron chi connectivity index (χ3n) is 1.55. The second kappa shape index (κ2) is 3.83. The Morgan fingerprint density at radius 1 is 1.29 bits per heavy atom. The molecule has 1 aromatic rings. The highest BCUT2D eigenvalue weighted by molar-refractivity contribution is 6.02. The summed E-state index contributed by atoms with van der Waals surface area (Å²) >= 11 is 0. The van der Waals surface area contributed by atoms with Crippen LogP contribution >= 0.6 is 0 Å². The smallest absolute Gasteiger partial charge is 0.250 e. The highest BCUT2D eigenvalue weighted by atomic mass is 16.3. The Kier molecular flexibility index (Phi) is 2.76. The third kappa shape index (κ3) is 2.52. The van der Waals surface area contributed by atoms with Crippen molar-refractivity contribution in [2.45, 2.75) is 6.92 Å². The molecule has 4 heteroatoms. The fourth-order valence-corrected chi connectivity index (χ4v) is 0.905. The largest absolute Gasteiger partial charge is 0.508 e. The first-order valence-corrected chi connectivity index (χ1v) is 3.99. The molecule has 74 valence electrons. The number of rotatable bonds is 2. The van der Waals surface area contributed by atoms with Gasteiger partial charge >= 0.3 is 0 Å². The SMILES string of the molecule is C=C(C)C(=O)Nc1cc(O)cc(O)c1. The molecule has 14 heavy (non-hydrogen) atoms. The van der Waals surface area contributed by atoms with Crippen molar-refractivity contribution >= 4 is 11.6 Å². The quantitative estimate of drug-likeness (QED) is 0.625. The molecule has 0 heterocycles. The Bertz CT molecular complexity index is 365. The van der Waals surface area contributed by atoms with E-state index in [4.69, 9.17) is 10.2 Å². The highest BCUT2D eigenvalue weighted by Gasteiger charge is 2.04. The van der Waals surface area contributed by atoms with Gasteiger partial charge in [-0.25, -0.2) is 0 Å². The predicted molar refractivity (Wildman–Crippen MR) is 53.2 cm³/mol. The normalized spacial score (nSPS) is 9.50. The molecule has 1 aromatic carbocycles. The maximum Gasteiger partial charge on any atom is 0.250 e. The Morgan fingerprint density at radius 3 is 2.21 bits per heavy atom. The van der Waals surface area contributed by atoms with Crippen LogP contribution in [0.1, 0.15) is 6.92 Å². The van der Waals surface area contributed by atoms with E-state index < -0.39 is 0 Å². The van der Waals surface area contributed by atoms with Crippen LogP contribution in [0.3, 0.4) is 0 Å². The fourth-order valence-electron chi connectivity index (χ4n) is 0.905. The van der Waals surface area contributed by atoms with Gasteiger partial charge in [0, 0.05) is 29.5 Å². The van der Waals surface area contributed by atoms with Gasteiger partial charge in [0.2, 0.25) is 0 Å². The van der Waals surface area contributed by atoms with Crippen molar-refractivity contribution in [1.29, 1.82) is 0 Å². The molecule has 0 aromatic heterocycles. The van der Waals surface area contributed by atoms with Gasteiger partial charge in [0.15, 0.2) is 0 Å². The Hall–Kier alpha value is -1.97. The van der Waals surface area contributed by atoms with Gasteiger partial charge in [0.1, 0.15) is 11.5 Å². The van der Waals surface area contributed by atoms with Gasteiger partial charge in [-0.3, -0.25) is 4.79 Å². The van der Waals surface area contributed by atoms with Crippen molar-refractivity contribution < 1.29 is 15.0 Å². The summed E-state index contributed by atoms with van der Waals surface area (Å²) in [6.07, 6.45) is 0. The second-order valence-electron chi connectivity index (χ2n) is 2.97. The van der Waals surface area contributed by atoms with E-state index in [9.17, 15) is 4.79 Å². The number of carbonyl (C=O) groups is 1. The van der Waals surface area contributed by atoms with Crippen LogP contribution in [0.4, 0.5) is 5.69 Å². The molecule has 0 unspecified atom stereocenters. The minimum Gasteiger partial charge on any atom is -0.508 e. The molecule has 3 N–H and O–H groups in total. The standard InChI is InChI=1S/C10H11NO3/c1-6(2)10(14)11-7-3-8(12)5-9(13)4-7/h3-5,12-13H,1H2,2H3,(H,11,14). The maximum atomic E-state index is 11.2. The lowest BCUT2D eigenvalue weighted by molar-refractivity contribution is -0.112. The number of carbonyl (C=O) groups excluding carboxylic acids is 1. The molecule has 0 aliphatic carbocycles. The number of benzene rings is 1. The Morgan fingerprint density at radius 2 is 1.79 bits per heavy atom. The molecule has 0 radical (unpaired) electrons. The van der Waals surface area contributed by atoms with E-state index in [0.717, 1.165) is 0 Å². The first kappa shape index (κ1) is 10.1. The Labute approximate surface area is 81.5 Å². The number of aromatic hydroxyl groups is 2. The average Bonchev–Trinajstić information content (AvgIpc) is 2.01. The summed E-state index contributed by atoms with van der Waals surface area (Å²) in [6, 6.07) is 3.84. The summed E-state index contributed by atoms with van der Waals surface area (Å²) in [5, 5.41) is 20.7. The zero-order valence-corrected chi connectivity index (χ0v) is 7.74. The van der Waals surface area contributed by atoms with Gasteiger partial charge in [-0.05, 0) is 6.92 Å². The van der Waals surface area contributed by atoms with E-state index in [-0.39, 0.29) is 17.4 Å². The molecular weight excluding hydrogens is 182 g/mol. The van der Waals surface area contributed by atoms with Gasteiger partial charge in [0.25, 0.3) is 5.91 Å². The molecule has 0 aliphatic heterocycles. The summed E-state index contributed by atoms with van der Waals surface area (Å²) in [5.41, 5.74) is 0.684. The minimum absolute atomic E-state index is 0.109. The molecule has 1 amide bonds. The van der Waals surface area contributed by atoms with Gasteiger partial charge in [0.05, 0.1) is 0 Å². The molecule has 0 bridgehead atoms. The lowest BCUT2D eigenvalue weighted by Gasteiger charge is -2.05. The molecule has 0 aliphatic rings. The molecule has 4 nitrogen and oxygen atoms in total. The number of anilines is 1. The number of hydrogen-bond acceptors (Lipinski definition) is 3. The zero-order valence-electron chi connectivity index (χ0n) is 7.74. The summed E-state index contributed by atoms with van der Waals surface area (Å²) in [7, 11) is 0. The van der Waals surface area contributed by atoms with E-state index in [1.807, 2.05) is 0 Å². The van der Waals surface area contributed by atoms with Crippen LogP contribution in [0.5, 0.6) is 11.5 Å². The summed E-state index contributed by atoms with van der Waals surface area (Å²) in [5.74, 6) is -0.570. The van der Waals surface area contributed by atoms with E-state index in [2.05, 4.69) is 11.9 Å². The van der Waals surface area contributed by atoms with Crippen molar-refractivity contribution in [1.82, 2.24) is 0 Å². The number of hydrogen-bond donors (Lipinski definition) is 3. The predicted octanol–water partition coefficient (Wildman–Crippen LogP) is 1.61. The summed E-state index contributed by atoms with van der Waals surface area (Å²) in [4.78, 5) is 11.2. The lowest BCUT2D eigenvalue weighted by atomic mass is 10.2. The monoisotopic (exact) mass is 193 g/mol. The van der Waals surface area contributed by atoms with Crippen LogP contribution in [0.25, 0.3) is 0 Å². The molecule has 0 spiro atoms. The van der Waals surface area contributed by atoms with E-state index in [1.54, 1.807) is 6.92 Å². The van der Waals surface area contributed by atoms with Crippen molar-refractivity contribution in [3.05, 3.63) is 30.4 Å². The topological polar surface area (TPSA) is 69.6 Å². The van der Waals surface area contributed by atoms with Gasteiger partial charge in [-0.1, -0.05) is 6.58 Å². The van der Waals surface area contributed by atoms with Crippen LogP contribution in [-0.4, -0.2) is 16.1 Å². The van der Waals surface area contributed by atoms with E-state index >= 15 is 0 Å². The van der Waals surface area contributed by atoms with Crippen LogP contribution < -0.4 is 5.32 Å². The second-order valence-corrected chi connectivity index (χ2v) is 2.97. The Balaban J connectivity index is 2.87. The summed E-state index contributed by atoms with van der Waals surface area (Å²) < 4.78 is 0. The fraction of sp³-hybridized carbons (Fsp3) is 0.100. The van der Waals surface area contributed by atoms with Gasteiger partial charge in [-0.2, -0.15) is 0 Å². The highest BCUT2D eigenvalue weighted by Crippen LogP contribution is 2.23. The molecular formula is C10H11NO3. The number of nitrogens with one attached hydrogen (secondary N) is 1. The third-order valence-corrected chi connectivity index (χ3v) is 1.55. The van der Waals surface area contributed by atoms with Crippen LogP contribution in [-0.2, 0) is 4.79 Å². The minimum atomic E-state index is -0.352. The number of phenols is 2. The lowest BCUT2D eigenvalue weighted by Crippen LogP contribution is -2.11. The average molecular weight is 193 g/mol. The van der Waals surface area contributed by atoms with Crippen LogP contribution in [0.15, 0.2) is 30.4 Å². The number of phenolic OH excluding ortho intramolecular Hbond substituents is 2. The zero-order chi connectivity index (χ0) is 10.7. The van der Waals surface area contributed by atoms with Gasteiger partial charge in [-0.15, -0.1) is 0 Å². The van der Waals surface area contributed by atoms with Crippen molar-refractivity contribution in [3.63, 3.8) is 0 Å². The molecule has 0 atom stereocenters. The van der Waals surface area contributed by atoms with Crippen LogP contribution in [0, 0.1) is 0 Å². The molecule has 0 saturated carbocycles. The van der Waals surface area contributed by atoms with Crippen molar-refractivity contribution in [3.8, 4) is 11.5 Å². The first-order valence-electron chi connectivity index (χ1n) is 3.99. The molecule has 0 fully saturated rings. The van der Waals surface area contributed by atoms with Crippen molar-refractivity contribution in [2.75, 3.05) is 5.32 Å². The van der Waals surface area contributed by atoms with Crippen LogP contribution in [0.2, 0.25) is 0 Å². The number of amides is 1. The molecule has 0 saturated heterocycles. The maximum absolute atomic E-state index is 11.2. The molecule has 1 rings (SSSR count). The summed E-state index contributed by atoms with van der Waals surface area (Å²) in [6.45, 7) is 5.03. The van der Waals surface area contributed by atoms with Crippen molar-refractivity contribution in [2.24, 2.45) is 0 Å². The van der Waals surface area contributed by atoms with E-state index in [0.29, 0.717) is 11.3 Å². The van der Waals surface area contributed by atoms with E-state index in [1.165, 1.54) is 18.2 Å².